The van der Waals surface area contributed by atoms with Crippen LogP contribution in [0.3, 0.4) is 0 Å². The topological polar surface area (TPSA) is 42.9 Å². The molecule has 0 aliphatic carbocycles. The maximum atomic E-state index is 12.2. The summed E-state index contributed by atoms with van der Waals surface area (Å²) in [7, 11) is -1.05. The van der Waals surface area contributed by atoms with Crippen LogP contribution in [0.15, 0.2) is 14.9 Å². The lowest BCUT2D eigenvalue weighted by Gasteiger charge is -2.15. The molecule has 1 unspecified atom stereocenters. The van der Waals surface area contributed by atoms with Gasteiger partial charge >= 0.3 is 0 Å². The van der Waals surface area contributed by atoms with Crippen molar-refractivity contribution in [2.75, 3.05) is 5.75 Å². The number of fused-ring (bicyclic) bond motifs is 1. The Balaban J connectivity index is 2.39. The average Bonchev–Trinajstić information content (AvgIpc) is 2.59. The minimum atomic E-state index is -1.05. The maximum Gasteiger partial charge on any atom is 0.183 e. The van der Waals surface area contributed by atoms with E-state index in [0.717, 1.165) is 14.9 Å². The van der Waals surface area contributed by atoms with Crippen molar-refractivity contribution < 1.29 is 4.21 Å². The lowest BCUT2D eigenvalue weighted by atomic mass is 10.0. The number of rotatable bonds is 2. The van der Waals surface area contributed by atoms with Crippen LogP contribution in [0, 0.1) is 12.3 Å². The van der Waals surface area contributed by atoms with Gasteiger partial charge in [-0.3, -0.25) is 4.21 Å². The first-order valence-electron chi connectivity index (χ1n) is 5.58. The smallest absolute Gasteiger partial charge is 0.183 e. The zero-order valence-electron chi connectivity index (χ0n) is 10.8. The molecule has 98 valence electrons. The number of hydrogen-bond donors (Lipinski definition) is 0. The first-order valence-corrected chi connectivity index (χ1v) is 8.51. The van der Waals surface area contributed by atoms with E-state index in [4.69, 9.17) is 0 Å². The van der Waals surface area contributed by atoms with E-state index in [2.05, 4.69) is 46.7 Å². The Morgan fingerprint density at radius 3 is 2.67 bits per heavy atom. The van der Waals surface area contributed by atoms with Gasteiger partial charge in [0.05, 0.1) is 21.2 Å². The molecular formula is C12H15BrN2OS2. The lowest BCUT2D eigenvalue weighted by Crippen LogP contribution is -2.16. The monoisotopic (exact) mass is 346 g/mol. The van der Waals surface area contributed by atoms with E-state index in [1.54, 1.807) is 0 Å². The number of pyridine rings is 1. The van der Waals surface area contributed by atoms with Crippen LogP contribution < -0.4 is 0 Å². The van der Waals surface area contributed by atoms with Gasteiger partial charge in [0.15, 0.2) is 9.99 Å². The second-order valence-corrected chi connectivity index (χ2v) is 8.92. The second-order valence-electron chi connectivity index (χ2n) is 5.41. The highest BCUT2D eigenvalue weighted by molar-refractivity contribution is 9.10. The number of aromatic nitrogens is 2. The molecule has 6 heteroatoms. The average molecular weight is 347 g/mol. The molecule has 2 aromatic rings. The molecule has 0 aromatic carbocycles. The summed E-state index contributed by atoms with van der Waals surface area (Å²) >= 11 is 4.92. The molecule has 0 N–H and O–H groups in total. The van der Waals surface area contributed by atoms with Gasteiger partial charge in [-0.05, 0) is 34.3 Å². The number of aryl methyl sites for hydroxylation is 1. The van der Waals surface area contributed by atoms with Gasteiger partial charge in [-0.25, -0.2) is 9.97 Å². The van der Waals surface area contributed by atoms with E-state index >= 15 is 0 Å². The first-order chi connectivity index (χ1) is 8.26. The summed E-state index contributed by atoms with van der Waals surface area (Å²) in [4.78, 5) is 8.78. The SMILES string of the molecule is Cc1nc2nc(S(=O)CC(C)(C)C)sc2cc1Br. The molecule has 18 heavy (non-hydrogen) atoms. The van der Waals surface area contributed by atoms with Crippen LogP contribution in [0.2, 0.25) is 0 Å². The van der Waals surface area contributed by atoms with Gasteiger partial charge in [-0.15, -0.1) is 11.3 Å². The summed E-state index contributed by atoms with van der Waals surface area (Å²) in [6.45, 7) is 8.17. The predicted octanol–water partition coefficient (Wildman–Crippen LogP) is 3.92. The molecule has 2 rings (SSSR count). The summed E-state index contributed by atoms with van der Waals surface area (Å²) in [5.74, 6) is 0.618. The van der Waals surface area contributed by atoms with Crippen molar-refractivity contribution in [2.24, 2.45) is 5.41 Å². The normalized spacial score (nSPS) is 14.1. The zero-order chi connectivity index (χ0) is 13.5. The van der Waals surface area contributed by atoms with E-state index in [0.29, 0.717) is 15.7 Å². The van der Waals surface area contributed by atoms with Crippen molar-refractivity contribution in [2.45, 2.75) is 32.0 Å². The Kier molecular flexibility index (Phi) is 3.90. The molecule has 0 spiro atoms. The fourth-order valence-electron chi connectivity index (χ4n) is 1.46. The minimum absolute atomic E-state index is 0.0344. The maximum absolute atomic E-state index is 12.2. The predicted molar refractivity (Wildman–Crippen MR) is 80.6 cm³/mol. The Bertz CT molecular complexity index is 577. The summed E-state index contributed by atoms with van der Waals surface area (Å²) in [6.07, 6.45) is 0. The van der Waals surface area contributed by atoms with E-state index in [9.17, 15) is 4.21 Å². The van der Waals surface area contributed by atoms with Crippen LogP contribution in [-0.2, 0) is 10.8 Å². The van der Waals surface area contributed by atoms with E-state index in [1.807, 2.05) is 13.0 Å². The fourth-order valence-corrected chi connectivity index (χ4v) is 4.53. The molecule has 0 aliphatic heterocycles. The van der Waals surface area contributed by atoms with Crippen molar-refractivity contribution in [3.05, 3.63) is 16.2 Å². The highest BCUT2D eigenvalue weighted by Gasteiger charge is 2.19. The highest BCUT2D eigenvalue weighted by Crippen LogP contribution is 2.29. The molecule has 2 heterocycles. The first kappa shape index (κ1) is 14.1. The van der Waals surface area contributed by atoms with Gasteiger partial charge in [0.2, 0.25) is 0 Å². The molecular weight excluding hydrogens is 332 g/mol. The molecule has 0 radical (unpaired) electrons. The van der Waals surface area contributed by atoms with Crippen molar-refractivity contribution in [3.8, 4) is 0 Å². The molecule has 0 fully saturated rings. The zero-order valence-corrected chi connectivity index (χ0v) is 14.0. The van der Waals surface area contributed by atoms with Crippen molar-refractivity contribution in [3.63, 3.8) is 0 Å². The van der Waals surface area contributed by atoms with Gasteiger partial charge < -0.3 is 0 Å². The van der Waals surface area contributed by atoms with E-state index in [-0.39, 0.29) is 5.41 Å². The third-order valence-corrected chi connectivity index (χ3v) is 6.26. The fraction of sp³-hybridized carbons (Fsp3) is 0.500. The van der Waals surface area contributed by atoms with Gasteiger partial charge in [0.25, 0.3) is 0 Å². The second kappa shape index (κ2) is 4.98. The molecule has 0 aliphatic rings. The molecule has 3 nitrogen and oxygen atoms in total. The molecule has 0 bridgehead atoms. The Labute approximate surface area is 122 Å². The lowest BCUT2D eigenvalue weighted by molar-refractivity contribution is 0.474. The summed E-state index contributed by atoms with van der Waals surface area (Å²) < 4.78 is 14.8. The summed E-state index contributed by atoms with van der Waals surface area (Å²) in [5, 5.41) is 0. The van der Waals surface area contributed by atoms with Crippen LogP contribution in [-0.4, -0.2) is 19.9 Å². The van der Waals surface area contributed by atoms with Crippen LogP contribution in [0.25, 0.3) is 10.3 Å². The summed E-state index contributed by atoms with van der Waals surface area (Å²) in [5.41, 5.74) is 1.63. The van der Waals surface area contributed by atoms with Crippen LogP contribution in [0.5, 0.6) is 0 Å². The summed E-state index contributed by atoms with van der Waals surface area (Å²) in [6, 6.07) is 1.99. The number of halogens is 1. The van der Waals surface area contributed by atoms with Crippen molar-refractivity contribution in [1.29, 1.82) is 0 Å². The van der Waals surface area contributed by atoms with Crippen LogP contribution in [0.1, 0.15) is 26.5 Å². The standard InChI is InChI=1S/C12H15BrN2OS2/c1-7-8(13)5-9-10(14-7)15-11(17-9)18(16)6-12(2,3)4/h5H,6H2,1-4H3. The highest BCUT2D eigenvalue weighted by atomic mass is 79.9. The third kappa shape index (κ3) is 3.16. The third-order valence-electron chi connectivity index (χ3n) is 2.25. The Hall–Kier alpha value is -0.330. The molecule has 0 amide bonds. The number of thiazole rings is 1. The molecule has 2 aromatic heterocycles. The van der Waals surface area contributed by atoms with E-state index < -0.39 is 10.8 Å². The van der Waals surface area contributed by atoms with Crippen molar-refractivity contribution >= 4 is 48.4 Å². The quantitative estimate of drug-likeness (QED) is 0.827. The Morgan fingerprint density at radius 2 is 2.06 bits per heavy atom. The largest absolute Gasteiger partial charge is 0.252 e. The van der Waals surface area contributed by atoms with Crippen LogP contribution in [0.4, 0.5) is 0 Å². The minimum Gasteiger partial charge on any atom is -0.252 e. The number of nitrogens with zero attached hydrogens (tertiary/aromatic N) is 2. The molecule has 0 saturated heterocycles. The van der Waals surface area contributed by atoms with E-state index in [1.165, 1.54) is 11.3 Å². The van der Waals surface area contributed by atoms with Gasteiger partial charge in [0, 0.05) is 10.2 Å². The Morgan fingerprint density at radius 1 is 1.39 bits per heavy atom. The van der Waals surface area contributed by atoms with Gasteiger partial charge in [-0.1, -0.05) is 20.8 Å². The van der Waals surface area contributed by atoms with Crippen LogP contribution >= 0.6 is 27.3 Å². The van der Waals surface area contributed by atoms with Gasteiger partial charge in [-0.2, -0.15) is 0 Å². The molecule has 0 saturated carbocycles. The molecule has 1 atom stereocenters. The van der Waals surface area contributed by atoms with Crippen molar-refractivity contribution in [1.82, 2.24) is 9.97 Å². The van der Waals surface area contributed by atoms with Gasteiger partial charge in [0.1, 0.15) is 0 Å². The number of hydrogen-bond acceptors (Lipinski definition) is 4.